The van der Waals surface area contributed by atoms with Gasteiger partial charge in [-0.15, -0.1) is 0 Å². The summed E-state index contributed by atoms with van der Waals surface area (Å²) in [6.07, 6.45) is 1.33. The number of halogens is 1. The van der Waals surface area contributed by atoms with Gasteiger partial charge < -0.3 is 14.4 Å². The van der Waals surface area contributed by atoms with E-state index in [0.717, 1.165) is 27.7 Å². The fourth-order valence-corrected chi connectivity index (χ4v) is 3.83. The molecule has 0 bridgehead atoms. The predicted octanol–water partition coefficient (Wildman–Crippen LogP) is 2.24. The SMILES string of the molecule is COc1cnc(N2CC(=O)N(Cc3ccc(C)c(C)c3)[C@H](C3COC3)C2=O)c(F)c1. The number of carbonyl (C=O) groups is 2. The van der Waals surface area contributed by atoms with Crippen LogP contribution in [0.2, 0.25) is 0 Å². The number of nitrogens with zero attached hydrogens (tertiary/aromatic N) is 3. The lowest BCUT2D eigenvalue weighted by atomic mass is 9.92. The third-order valence-corrected chi connectivity index (χ3v) is 5.79. The van der Waals surface area contributed by atoms with Gasteiger partial charge in [0.2, 0.25) is 5.91 Å². The van der Waals surface area contributed by atoms with Gasteiger partial charge in [-0.3, -0.25) is 14.5 Å². The first-order valence-electron chi connectivity index (χ1n) is 9.83. The first kappa shape index (κ1) is 20.3. The maximum absolute atomic E-state index is 14.6. The Balaban J connectivity index is 1.65. The lowest BCUT2D eigenvalue weighted by Gasteiger charge is -2.45. The van der Waals surface area contributed by atoms with Crippen molar-refractivity contribution in [3.8, 4) is 5.75 Å². The van der Waals surface area contributed by atoms with E-state index in [9.17, 15) is 14.0 Å². The molecule has 3 heterocycles. The summed E-state index contributed by atoms with van der Waals surface area (Å²) >= 11 is 0. The number of hydrogen-bond donors (Lipinski definition) is 0. The molecule has 0 saturated carbocycles. The van der Waals surface area contributed by atoms with Crippen LogP contribution >= 0.6 is 0 Å². The van der Waals surface area contributed by atoms with Crippen LogP contribution in [0.15, 0.2) is 30.5 Å². The Morgan fingerprint density at radius 2 is 1.97 bits per heavy atom. The molecule has 2 aliphatic heterocycles. The molecule has 0 aliphatic carbocycles. The topological polar surface area (TPSA) is 72.0 Å². The zero-order valence-electron chi connectivity index (χ0n) is 17.2. The van der Waals surface area contributed by atoms with Crippen molar-refractivity contribution in [3.63, 3.8) is 0 Å². The lowest BCUT2D eigenvalue weighted by Crippen LogP contribution is -2.65. The Morgan fingerprint density at radius 3 is 2.57 bits per heavy atom. The molecule has 1 aromatic carbocycles. The second-order valence-electron chi connectivity index (χ2n) is 7.79. The Kier molecular flexibility index (Phi) is 5.42. The van der Waals surface area contributed by atoms with Crippen molar-refractivity contribution in [2.24, 2.45) is 5.92 Å². The number of piperazine rings is 1. The van der Waals surface area contributed by atoms with Crippen molar-refractivity contribution >= 4 is 17.6 Å². The number of aromatic nitrogens is 1. The van der Waals surface area contributed by atoms with Gasteiger partial charge in [0.1, 0.15) is 18.3 Å². The number of benzene rings is 1. The highest BCUT2D eigenvalue weighted by Gasteiger charge is 2.47. The van der Waals surface area contributed by atoms with E-state index in [-0.39, 0.29) is 35.8 Å². The maximum atomic E-state index is 14.6. The molecule has 1 aromatic heterocycles. The number of ether oxygens (including phenoxy) is 2. The van der Waals surface area contributed by atoms with Crippen molar-refractivity contribution in [2.45, 2.75) is 26.4 Å². The van der Waals surface area contributed by atoms with E-state index in [4.69, 9.17) is 9.47 Å². The van der Waals surface area contributed by atoms with Crippen molar-refractivity contribution in [1.82, 2.24) is 9.88 Å². The fraction of sp³-hybridized carbons (Fsp3) is 0.409. The van der Waals surface area contributed by atoms with E-state index in [2.05, 4.69) is 4.98 Å². The minimum Gasteiger partial charge on any atom is -0.495 e. The summed E-state index contributed by atoms with van der Waals surface area (Å²) < 4.78 is 24.8. The molecule has 2 aromatic rings. The van der Waals surface area contributed by atoms with E-state index < -0.39 is 11.9 Å². The Hall–Kier alpha value is -3.00. The summed E-state index contributed by atoms with van der Waals surface area (Å²) in [5.41, 5.74) is 3.24. The monoisotopic (exact) mass is 413 g/mol. The van der Waals surface area contributed by atoms with E-state index in [1.807, 2.05) is 32.0 Å². The van der Waals surface area contributed by atoms with Gasteiger partial charge in [-0.2, -0.15) is 0 Å². The molecule has 2 saturated heterocycles. The van der Waals surface area contributed by atoms with Gasteiger partial charge in [-0.25, -0.2) is 9.37 Å². The van der Waals surface area contributed by atoms with Crippen molar-refractivity contribution < 1.29 is 23.5 Å². The molecular formula is C22H24FN3O4. The van der Waals surface area contributed by atoms with Crippen molar-refractivity contribution in [3.05, 3.63) is 53.0 Å². The second-order valence-corrected chi connectivity index (χ2v) is 7.79. The summed E-state index contributed by atoms with van der Waals surface area (Å²) in [6, 6.07) is 6.43. The average molecular weight is 413 g/mol. The Bertz CT molecular complexity index is 992. The molecule has 0 radical (unpaired) electrons. The standard InChI is InChI=1S/C22H24FN3O4/c1-13-4-5-15(6-14(13)2)9-25-19(27)10-26(22(28)20(25)16-11-30-12-16)21-18(23)7-17(29-3)8-24-21/h4-8,16,20H,9-12H2,1-3H3/t20-/m1/s1. The second kappa shape index (κ2) is 8.02. The molecule has 7 nitrogen and oxygen atoms in total. The van der Waals surface area contributed by atoms with Crippen LogP contribution in [0.25, 0.3) is 0 Å². The molecule has 4 rings (SSSR count). The summed E-state index contributed by atoms with van der Waals surface area (Å²) in [5.74, 6) is -1.35. The van der Waals surface area contributed by atoms with Gasteiger partial charge in [-0.1, -0.05) is 18.2 Å². The quantitative estimate of drug-likeness (QED) is 0.752. The number of carbonyl (C=O) groups excluding carboxylic acids is 2. The van der Waals surface area contributed by atoms with Crippen LogP contribution in [0.3, 0.4) is 0 Å². The number of hydrogen-bond acceptors (Lipinski definition) is 5. The van der Waals surface area contributed by atoms with Gasteiger partial charge in [0, 0.05) is 18.5 Å². The highest BCUT2D eigenvalue weighted by atomic mass is 19.1. The van der Waals surface area contributed by atoms with Crippen LogP contribution in [0.1, 0.15) is 16.7 Å². The molecule has 0 spiro atoms. The number of methoxy groups -OCH3 is 1. The van der Waals surface area contributed by atoms with Crippen LogP contribution in [0.4, 0.5) is 10.2 Å². The predicted molar refractivity (Wildman–Crippen MR) is 108 cm³/mol. The lowest BCUT2D eigenvalue weighted by molar-refractivity contribution is -0.155. The molecule has 0 N–H and O–H groups in total. The molecule has 158 valence electrons. The van der Waals surface area contributed by atoms with Gasteiger partial charge in [0.15, 0.2) is 11.6 Å². The third kappa shape index (κ3) is 3.63. The summed E-state index contributed by atoms with van der Waals surface area (Å²) in [4.78, 5) is 33.2. The number of pyridine rings is 1. The van der Waals surface area contributed by atoms with E-state index in [1.54, 1.807) is 4.90 Å². The maximum Gasteiger partial charge on any atom is 0.251 e. The molecule has 2 fully saturated rings. The smallest absolute Gasteiger partial charge is 0.251 e. The number of anilines is 1. The van der Waals surface area contributed by atoms with Gasteiger partial charge in [-0.05, 0) is 30.5 Å². The molecule has 0 unspecified atom stereocenters. The van der Waals surface area contributed by atoms with Crippen molar-refractivity contribution in [2.75, 3.05) is 31.8 Å². The number of rotatable bonds is 5. The normalized spacial score (nSPS) is 19.8. The van der Waals surface area contributed by atoms with Gasteiger partial charge in [0.05, 0.1) is 26.5 Å². The molecule has 30 heavy (non-hydrogen) atoms. The van der Waals surface area contributed by atoms with Crippen LogP contribution in [-0.2, 0) is 20.9 Å². The molecule has 2 aliphatic rings. The summed E-state index contributed by atoms with van der Waals surface area (Å²) in [7, 11) is 1.41. The minimum absolute atomic E-state index is 0.128. The van der Waals surface area contributed by atoms with Gasteiger partial charge >= 0.3 is 0 Å². The van der Waals surface area contributed by atoms with E-state index in [1.165, 1.54) is 13.3 Å². The average Bonchev–Trinajstić information content (AvgIpc) is 2.68. The first-order valence-corrected chi connectivity index (χ1v) is 9.83. The van der Waals surface area contributed by atoms with Crippen LogP contribution in [-0.4, -0.2) is 54.6 Å². The Morgan fingerprint density at radius 1 is 1.20 bits per heavy atom. The highest BCUT2D eigenvalue weighted by Crippen LogP contribution is 2.31. The summed E-state index contributed by atoms with van der Waals surface area (Å²) in [6.45, 7) is 4.87. The largest absolute Gasteiger partial charge is 0.495 e. The third-order valence-electron chi connectivity index (χ3n) is 5.79. The van der Waals surface area contributed by atoms with E-state index in [0.29, 0.717) is 19.8 Å². The zero-order chi connectivity index (χ0) is 21.4. The summed E-state index contributed by atoms with van der Waals surface area (Å²) in [5, 5.41) is 0. The van der Waals surface area contributed by atoms with Crippen molar-refractivity contribution in [1.29, 1.82) is 0 Å². The minimum atomic E-state index is -0.718. The van der Waals surface area contributed by atoms with Gasteiger partial charge in [0.25, 0.3) is 5.91 Å². The highest BCUT2D eigenvalue weighted by molar-refractivity contribution is 6.06. The molecule has 8 heteroatoms. The molecule has 2 amide bonds. The van der Waals surface area contributed by atoms with Crippen LogP contribution in [0, 0.1) is 25.6 Å². The molecule has 1 atom stereocenters. The number of aryl methyl sites for hydroxylation is 2. The first-order chi connectivity index (χ1) is 14.4. The van der Waals surface area contributed by atoms with Crippen LogP contribution in [0.5, 0.6) is 5.75 Å². The zero-order valence-corrected chi connectivity index (χ0v) is 17.2. The number of amides is 2. The fourth-order valence-electron chi connectivity index (χ4n) is 3.83. The van der Waals surface area contributed by atoms with Crippen LogP contribution < -0.4 is 9.64 Å². The molecular weight excluding hydrogens is 389 g/mol. The Labute approximate surface area is 174 Å². The van der Waals surface area contributed by atoms with E-state index >= 15 is 0 Å².